The number of anilines is 1. The molecular formula is C22H26FN3O2. The van der Waals surface area contributed by atoms with E-state index in [4.69, 9.17) is 0 Å². The molecule has 1 aliphatic rings. The van der Waals surface area contributed by atoms with Gasteiger partial charge >= 0.3 is 0 Å². The highest BCUT2D eigenvalue weighted by Crippen LogP contribution is 2.18. The molecule has 28 heavy (non-hydrogen) atoms. The number of halogens is 1. The van der Waals surface area contributed by atoms with Gasteiger partial charge in [0.2, 0.25) is 0 Å². The first-order valence-corrected chi connectivity index (χ1v) is 9.45. The van der Waals surface area contributed by atoms with Crippen molar-refractivity contribution in [3.63, 3.8) is 0 Å². The fourth-order valence-electron chi connectivity index (χ4n) is 3.21. The summed E-state index contributed by atoms with van der Waals surface area (Å²) < 4.78 is 13.1. The zero-order valence-corrected chi connectivity index (χ0v) is 16.5. The van der Waals surface area contributed by atoms with Gasteiger partial charge in [-0.1, -0.05) is 6.07 Å². The quantitative estimate of drug-likeness (QED) is 0.885. The van der Waals surface area contributed by atoms with E-state index in [0.29, 0.717) is 37.3 Å². The molecule has 2 aromatic carbocycles. The SMILES string of the molecule is CC(C)(C)NC(=O)c1cccc(C(=O)N2CCN(c3ccc(F)cc3)CC2)c1. The summed E-state index contributed by atoms with van der Waals surface area (Å²) >= 11 is 0. The van der Waals surface area contributed by atoms with E-state index in [0.717, 1.165) is 5.69 Å². The molecule has 0 aromatic heterocycles. The Morgan fingerprint density at radius 1 is 0.929 bits per heavy atom. The lowest BCUT2D eigenvalue weighted by Gasteiger charge is -2.36. The Hall–Kier alpha value is -2.89. The lowest BCUT2D eigenvalue weighted by Crippen LogP contribution is -2.48. The van der Waals surface area contributed by atoms with E-state index in [9.17, 15) is 14.0 Å². The van der Waals surface area contributed by atoms with E-state index in [-0.39, 0.29) is 23.2 Å². The topological polar surface area (TPSA) is 52.7 Å². The molecule has 1 heterocycles. The minimum Gasteiger partial charge on any atom is -0.368 e. The normalized spacial score (nSPS) is 14.7. The number of carbonyl (C=O) groups is 2. The summed E-state index contributed by atoms with van der Waals surface area (Å²) in [7, 11) is 0. The van der Waals surface area contributed by atoms with Crippen LogP contribution in [-0.2, 0) is 0 Å². The van der Waals surface area contributed by atoms with E-state index >= 15 is 0 Å². The van der Waals surface area contributed by atoms with E-state index in [1.165, 1.54) is 12.1 Å². The second-order valence-electron chi connectivity index (χ2n) is 8.04. The number of carbonyl (C=O) groups excluding carboxylic acids is 2. The van der Waals surface area contributed by atoms with Crippen LogP contribution in [0.3, 0.4) is 0 Å². The zero-order chi connectivity index (χ0) is 20.3. The van der Waals surface area contributed by atoms with Crippen LogP contribution in [0.2, 0.25) is 0 Å². The Labute approximate surface area is 165 Å². The number of hydrogen-bond donors (Lipinski definition) is 1. The zero-order valence-electron chi connectivity index (χ0n) is 16.5. The van der Waals surface area contributed by atoms with Gasteiger partial charge in [-0.3, -0.25) is 9.59 Å². The van der Waals surface area contributed by atoms with Gasteiger partial charge in [-0.15, -0.1) is 0 Å². The predicted molar refractivity (Wildman–Crippen MR) is 108 cm³/mol. The summed E-state index contributed by atoms with van der Waals surface area (Å²) in [5.41, 5.74) is 1.60. The third kappa shape index (κ3) is 4.88. The summed E-state index contributed by atoms with van der Waals surface area (Å²) in [6, 6.07) is 13.2. The number of nitrogens with one attached hydrogen (secondary N) is 1. The van der Waals surface area contributed by atoms with Crippen LogP contribution >= 0.6 is 0 Å². The van der Waals surface area contributed by atoms with Gasteiger partial charge < -0.3 is 15.1 Å². The van der Waals surface area contributed by atoms with E-state index in [1.807, 2.05) is 20.8 Å². The molecule has 2 amide bonds. The first-order chi connectivity index (χ1) is 13.2. The van der Waals surface area contributed by atoms with Gasteiger partial charge in [0.25, 0.3) is 11.8 Å². The maximum absolute atomic E-state index is 13.1. The van der Waals surface area contributed by atoms with Crippen LogP contribution in [0.15, 0.2) is 48.5 Å². The van der Waals surface area contributed by atoms with Crippen molar-refractivity contribution < 1.29 is 14.0 Å². The fourth-order valence-corrected chi connectivity index (χ4v) is 3.21. The lowest BCUT2D eigenvalue weighted by atomic mass is 10.1. The van der Waals surface area contributed by atoms with Crippen molar-refractivity contribution in [2.75, 3.05) is 31.1 Å². The molecule has 1 saturated heterocycles. The highest BCUT2D eigenvalue weighted by molar-refractivity contribution is 6.00. The molecule has 0 saturated carbocycles. The van der Waals surface area contributed by atoms with Gasteiger partial charge in [-0.2, -0.15) is 0 Å². The van der Waals surface area contributed by atoms with Gasteiger partial charge in [-0.25, -0.2) is 4.39 Å². The van der Waals surface area contributed by atoms with Gasteiger partial charge in [0.15, 0.2) is 0 Å². The Balaban J connectivity index is 1.64. The first-order valence-electron chi connectivity index (χ1n) is 9.45. The van der Waals surface area contributed by atoms with Crippen LogP contribution in [0, 0.1) is 5.82 Å². The Kier molecular flexibility index (Phi) is 5.68. The second-order valence-corrected chi connectivity index (χ2v) is 8.04. The van der Waals surface area contributed by atoms with Crippen LogP contribution in [0.1, 0.15) is 41.5 Å². The average Bonchev–Trinajstić information content (AvgIpc) is 2.67. The molecule has 1 N–H and O–H groups in total. The molecule has 148 valence electrons. The molecule has 0 spiro atoms. The molecule has 0 radical (unpaired) electrons. The third-order valence-electron chi connectivity index (χ3n) is 4.62. The van der Waals surface area contributed by atoms with Crippen LogP contribution in [0.4, 0.5) is 10.1 Å². The van der Waals surface area contributed by atoms with Gasteiger partial charge in [-0.05, 0) is 63.2 Å². The van der Waals surface area contributed by atoms with Gasteiger partial charge in [0.05, 0.1) is 0 Å². The van der Waals surface area contributed by atoms with Crippen molar-refractivity contribution in [1.82, 2.24) is 10.2 Å². The maximum Gasteiger partial charge on any atom is 0.253 e. The maximum atomic E-state index is 13.1. The molecule has 1 fully saturated rings. The Bertz CT molecular complexity index is 851. The highest BCUT2D eigenvalue weighted by atomic mass is 19.1. The standard InChI is InChI=1S/C22H26FN3O2/c1-22(2,3)24-20(27)16-5-4-6-17(15-16)21(28)26-13-11-25(12-14-26)19-9-7-18(23)8-10-19/h4-10,15H,11-14H2,1-3H3,(H,24,27). The minimum absolute atomic E-state index is 0.0795. The van der Waals surface area contributed by atoms with Crippen molar-refractivity contribution in [2.24, 2.45) is 0 Å². The van der Waals surface area contributed by atoms with E-state index in [2.05, 4.69) is 10.2 Å². The summed E-state index contributed by atoms with van der Waals surface area (Å²) in [5, 5.41) is 2.91. The van der Waals surface area contributed by atoms with E-state index in [1.54, 1.807) is 41.3 Å². The minimum atomic E-state index is -0.340. The smallest absolute Gasteiger partial charge is 0.253 e. The Morgan fingerprint density at radius 3 is 2.14 bits per heavy atom. The van der Waals surface area contributed by atoms with Crippen molar-refractivity contribution in [1.29, 1.82) is 0 Å². The van der Waals surface area contributed by atoms with Crippen LogP contribution in [0.5, 0.6) is 0 Å². The van der Waals surface area contributed by atoms with Gasteiger partial charge in [0, 0.05) is 48.5 Å². The molecule has 0 aliphatic carbocycles. The number of piperazine rings is 1. The summed E-state index contributed by atoms with van der Waals surface area (Å²) in [6.07, 6.45) is 0. The largest absolute Gasteiger partial charge is 0.368 e. The van der Waals surface area contributed by atoms with Crippen LogP contribution in [0.25, 0.3) is 0 Å². The number of amides is 2. The van der Waals surface area contributed by atoms with Crippen molar-refractivity contribution in [2.45, 2.75) is 26.3 Å². The molecule has 5 nitrogen and oxygen atoms in total. The summed E-state index contributed by atoms with van der Waals surface area (Å²) in [4.78, 5) is 29.2. The molecule has 0 atom stereocenters. The predicted octanol–water partition coefficient (Wildman–Crippen LogP) is 3.32. The van der Waals surface area contributed by atoms with Crippen molar-refractivity contribution >= 4 is 17.5 Å². The molecule has 0 bridgehead atoms. The summed E-state index contributed by atoms with van der Waals surface area (Å²) in [6.45, 7) is 8.27. The molecular weight excluding hydrogens is 357 g/mol. The number of hydrogen-bond acceptors (Lipinski definition) is 3. The molecule has 1 aliphatic heterocycles. The monoisotopic (exact) mass is 383 g/mol. The molecule has 0 unspecified atom stereocenters. The fraction of sp³-hybridized carbons (Fsp3) is 0.364. The lowest BCUT2D eigenvalue weighted by molar-refractivity contribution is 0.0747. The van der Waals surface area contributed by atoms with E-state index < -0.39 is 0 Å². The first kappa shape index (κ1) is 19.9. The summed E-state index contributed by atoms with van der Waals surface area (Å²) in [5.74, 6) is -0.527. The number of nitrogens with zero attached hydrogens (tertiary/aromatic N) is 2. The van der Waals surface area contributed by atoms with Crippen molar-refractivity contribution in [3.05, 3.63) is 65.5 Å². The third-order valence-corrected chi connectivity index (χ3v) is 4.62. The number of benzene rings is 2. The molecule has 6 heteroatoms. The second kappa shape index (κ2) is 8.00. The highest BCUT2D eigenvalue weighted by Gasteiger charge is 2.23. The molecule has 2 aromatic rings. The Morgan fingerprint density at radius 2 is 1.54 bits per heavy atom. The average molecular weight is 383 g/mol. The van der Waals surface area contributed by atoms with Crippen LogP contribution < -0.4 is 10.2 Å². The van der Waals surface area contributed by atoms with Crippen LogP contribution in [-0.4, -0.2) is 48.4 Å². The van der Waals surface area contributed by atoms with Crippen molar-refractivity contribution in [3.8, 4) is 0 Å². The molecule has 3 rings (SSSR count). The number of rotatable bonds is 3. The van der Waals surface area contributed by atoms with Gasteiger partial charge in [0.1, 0.15) is 5.82 Å².